The van der Waals surface area contributed by atoms with E-state index in [2.05, 4.69) is 31.0 Å². The van der Waals surface area contributed by atoms with Crippen LogP contribution in [0.25, 0.3) is 0 Å². The number of carbonyl (C=O) groups is 1. The third-order valence-electron chi connectivity index (χ3n) is 5.22. The summed E-state index contributed by atoms with van der Waals surface area (Å²) in [5.41, 5.74) is 2.00. The van der Waals surface area contributed by atoms with E-state index in [1.165, 1.54) is 5.56 Å². The van der Waals surface area contributed by atoms with Gasteiger partial charge in [-0.1, -0.05) is 58.0 Å². The van der Waals surface area contributed by atoms with Crippen LogP contribution in [-0.2, 0) is 0 Å². The number of hydrogen-bond donors (Lipinski definition) is 1. The van der Waals surface area contributed by atoms with Gasteiger partial charge in [-0.15, -0.1) is 0 Å². The number of aromatic amines is 1. The van der Waals surface area contributed by atoms with Gasteiger partial charge in [0, 0.05) is 24.7 Å². The van der Waals surface area contributed by atoms with Gasteiger partial charge < -0.3 is 9.88 Å². The highest BCUT2D eigenvalue weighted by Crippen LogP contribution is 2.42. The van der Waals surface area contributed by atoms with E-state index in [4.69, 9.17) is 0 Å². The zero-order valence-corrected chi connectivity index (χ0v) is 15.4. The summed E-state index contributed by atoms with van der Waals surface area (Å²) in [5, 5.41) is 0. The van der Waals surface area contributed by atoms with Gasteiger partial charge in [-0.05, 0) is 29.0 Å². The maximum Gasteiger partial charge on any atom is 0.261 e. The molecule has 0 aliphatic carbocycles. The fourth-order valence-corrected chi connectivity index (χ4v) is 3.70. The minimum atomic E-state index is -0.294. The first-order chi connectivity index (χ1) is 11.8. The molecule has 25 heavy (non-hydrogen) atoms. The van der Waals surface area contributed by atoms with E-state index >= 15 is 0 Å². The van der Waals surface area contributed by atoms with Gasteiger partial charge in [-0.2, -0.15) is 0 Å². The van der Waals surface area contributed by atoms with E-state index in [0.717, 1.165) is 5.69 Å². The second-order valence-electron chi connectivity index (χ2n) is 7.95. The molecule has 1 N–H and O–H groups in total. The molecule has 2 heterocycles. The molecule has 1 fully saturated rings. The molecule has 1 aliphatic rings. The lowest BCUT2D eigenvalue weighted by atomic mass is 9.78. The smallest absolute Gasteiger partial charge is 0.261 e. The Morgan fingerprint density at radius 2 is 1.84 bits per heavy atom. The molecule has 3 rings (SSSR count). The lowest BCUT2D eigenvalue weighted by Crippen LogP contribution is -2.34. The molecule has 2 aromatic rings. The van der Waals surface area contributed by atoms with Crippen molar-refractivity contribution in [3.8, 4) is 0 Å². The summed E-state index contributed by atoms with van der Waals surface area (Å²) in [7, 11) is 0. The Kier molecular flexibility index (Phi) is 4.55. The molecule has 1 aliphatic heterocycles. The van der Waals surface area contributed by atoms with Crippen molar-refractivity contribution in [2.75, 3.05) is 13.1 Å². The molecular formula is C21H26N2O2. The second-order valence-corrected chi connectivity index (χ2v) is 7.95. The van der Waals surface area contributed by atoms with Crippen LogP contribution in [0.5, 0.6) is 0 Å². The fourth-order valence-electron chi connectivity index (χ4n) is 3.70. The summed E-state index contributed by atoms with van der Waals surface area (Å²) in [6, 6.07) is 13.8. The van der Waals surface area contributed by atoms with Crippen LogP contribution < -0.4 is 5.56 Å². The number of likely N-dealkylation sites (tertiary alicyclic amines) is 1. The van der Waals surface area contributed by atoms with Gasteiger partial charge in [0.15, 0.2) is 0 Å². The first kappa shape index (κ1) is 17.5. The summed E-state index contributed by atoms with van der Waals surface area (Å²) < 4.78 is 0. The van der Waals surface area contributed by atoms with Gasteiger partial charge in [-0.3, -0.25) is 9.59 Å². The average molecular weight is 338 g/mol. The van der Waals surface area contributed by atoms with Gasteiger partial charge in [0.1, 0.15) is 5.56 Å². The van der Waals surface area contributed by atoms with Gasteiger partial charge in [0.2, 0.25) is 0 Å². The summed E-state index contributed by atoms with van der Waals surface area (Å²) in [4.78, 5) is 29.9. The summed E-state index contributed by atoms with van der Waals surface area (Å²) in [6.07, 6.45) is 0. The molecular weight excluding hydrogens is 312 g/mol. The standard InChI is InChI=1S/C21H26N2O2/c1-14(2)18-11-10-16(19(24)22-18)20(25)23-12-17(21(3,4)13-23)15-8-6-5-7-9-15/h5-11,14,17H,12-13H2,1-4H3,(H,22,24). The zero-order chi connectivity index (χ0) is 18.2. The predicted molar refractivity (Wildman–Crippen MR) is 100 cm³/mol. The van der Waals surface area contributed by atoms with Crippen molar-refractivity contribution in [2.24, 2.45) is 5.41 Å². The van der Waals surface area contributed by atoms with E-state index in [0.29, 0.717) is 13.1 Å². The molecule has 1 atom stereocenters. The molecule has 0 spiro atoms. The van der Waals surface area contributed by atoms with Crippen molar-refractivity contribution in [3.05, 3.63) is 69.6 Å². The Morgan fingerprint density at radius 1 is 1.16 bits per heavy atom. The maximum atomic E-state index is 12.9. The van der Waals surface area contributed by atoms with Crippen molar-refractivity contribution < 1.29 is 4.79 Å². The van der Waals surface area contributed by atoms with Crippen LogP contribution in [0.15, 0.2) is 47.3 Å². The SMILES string of the molecule is CC(C)c1ccc(C(=O)N2CC(c3ccccc3)C(C)(C)C2)c(=O)[nH]1. The molecule has 1 unspecified atom stereocenters. The molecule has 0 saturated carbocycles. The Morgan fingerprint density at radius 3 is 2.44 bits per heavy atom. The number of amides is 1. The van der Waals surface area contributed by atoms with Crippen LogP contribution >= 0.6 is 0 Å². The molecule has 4 nitrogen and oxygen atoms in total. The maximum absolute atomic E-state index is 12.9. The monoisotopic (exact) mass is 338 g/mol. The molecule has 1 amide bonds. The summed E-state index contributed by atoms with van der Waals surface area (Å²) >= 11 is 0. The highest BCUT2D eigenvalue weighted by atomic mass is 16.2. The van der Waals surface area contributed by atoms with Crippen molar-refractivity contribution >= 4 is 5.91 Å². The van der Waals surface area contributed by atoms with Crippen molar-refractivity contribution in [1.82, 2.24) is 9.88 Å². The zero-order valence-electron chi connectivity index (χ0n) is 15.4. The number of carbonyl (C=O) groups excluding carboxylic acids is 1. The van der Waals surface area contributed by atoms with E-state index in [9.17, 15) is 9.59 Å². The third-order valence-corrected chi connectivity index (χ3v) is 5.22. The largest absolute Gasteiger partial charge is 0.337 e. The number of hydrogen-bond acceptors (Lipinski definition) is 2. The quantitative estimate of drug-likeness (QED) is 0.926. The molecule has 0 bridgehead atoms. The van der Waals surface area contributed by atoms with E-state index in [-0.39, 0.29) is 34.3 Å². The topological polar surface area (TPSA) is 53.2 Å². The number of nitrogens with zero attached hydrogens (tertiary/aromatic N) is 1. The highest BCUT2D eigenvalue weighted by molar-refractivity contribution is 5.94. The van der Waals surface area contributed by atoms with Crippen LogP contribution in [0.3, 0.4) is 0 Å². The first-order valence-electron chi connectivity index (χ1n) is 8.87. The van der Waals surface area contributed by atoms with E-state index < -0.39 is 0 Å². The van der Waals surface area contributed by atoms with Gasteiger partial charge >= 0.3 is 0 Å². The van der Waals surface area contributed by atoms with Crippen LogP contribution in [0.1, 0.15) is 61.1 Å². The van der Waals surface area contributed by atoms with Crippen LogP contribution in [0.2, 0.25) is 0 Å². The Labute approximate surface area is 148 Å². The van der Waals surface area contributed by atoms with Gasteiger partial charge in [-0.25, -0.2) is 0 Å². The Hall–Kier alpha value is -2.36. The third kappa shape index (κ3) is 3.39. The van der Waals surface area contributed by atoms with Crippen molar-refractivity contribution in [1.29, 1.82) is 0 Å². The number of rotatable bonds is 3. The minimum Gasteiger partial charge on any atom is -0.337 e. The Bertz CT molecular complexity index is 821. The van der Waals surface area contributed by atoms with Crippen molar-refractivity contribution in [3.63, 3.8) is 0 Å². The highest BCUT2D eigenvalue weighted by Gasteiger charge is 2.42. The lowest BCUT2D eigenvalue weighted by molar-refractivity contribution is 0.0776. The molecule has 1 aromatic heterocycles. The second kappa shape index (κ2) is 6.51. The molecule has 132 valence electrons. The Balaban J connectivity index is 1.86. The van der Waals surface area contributed by atoms with E-state index in [1.807, 2.05) is 43.0 Å². The van der Waals surface area contributed by atoms with Crippen LogP contribution in [-0.4, -0.2) is 28.9 Å². The fraction of sp³-hybridized carbons (Fsp3) is 0.429. The number of aromatic nitrogens is 1. The molecule has 1 saturated heterocycles. The van der Waals surface area contributed by atoms with Gasteiger partial charge in [0.05, 0.1) is 0 Å². The normalized spacial score (nSPS) is 19.4. The lowest BCUT2D eigenvalue weighted by Gasteiger charge is -2.25. The molecule has 0 radical (unpaired) electrons. The van der Waals surface area contributed by atoms with Crippen molar-refractivity contribution in [2.45, 2.75) is 39.5 Å². The number of pyridine rings is 1. The number of benzene rings is 1. The van der Waals surface area contributed by atoms with Gasteiger partial charge in [0.25, 0.3) is 11.5 Å². The average Bonchev–Trinajstić information content (AvgIpc) is 2.90. The minimum absolute atomic E-state index is 0.0261. The first-order valence-corrected chi connectivity index (χ1v) is 8.87. The predicted octanol–water partition coefficient (Wildman–Crippen LogP) is 3.76. The number of nitrogens with one attached hydrogen (secondary N) is 1. The number of H-pyrrole nitrogens is 1. The summed E-state index contributed by atoms with van der Waals surface area (Å²) in [5.74, 6) is 0.319. The van der Waals surface area contributed by atoms with Crippen LogP contribution in [0, 0.1) is 5.41 Å². The molecule has 4 heteroatoms. The summed E-state index contributed by atoms with van der Waals surface area (Å²) in [6.45, 7) is 9.69. The van der Waals surface area contributed by atoms with Crippen LogP contribution in [0.4, 0.5) is 0 Å². The van der Waals surface area contributed by atoms with E-state index in [1.54, 1.807) is 6.07 Å². The molecule has 1 aromatic carbocycles.